The first-order valence-electron chi connectivity index (χ1n) is 8.15. The molecule has 1 saturated heterocycles. The predicted octanol–water partition coefficient (Wildman–Crippen LogP) is 2.27. The average molecular weight is 321 g/mol. The van der Waals surface area contributed by atoms with Gasteiger partial charge in [-0.25, -0.2) is 0 Å². The van der Waals surface area contributed by atoms with Crippen LogP contribution in [-0.4, -0.2) is 53.0 Å². The molecule has 2 heterocycles. The van der Waals surface area contributed by atoms with Crippen LogP contribution in [0.4, 0.5) is 0 Å². The van der Waals surface area contributed by atoms with Crippen LogP contribution in [-0.2, 0) is 11.2 Å². The highest BCUT2D eigenvalue weighted by Crippen LogP contribution is 2.09. The Bertz CT molecular complexity index is 475. The van der Waals surface area contributed by atoms with Crippen molar-refractivity contribution in [3.8, 4) is 0 Å². The number of aromatic nitrogens is 1. The van der Waals surface area contributed by atoms with Crippen molar-refractivity contribution in [3.05, 3.63) is 29.6 Å². The maximum Gasteiger partial charge on any atom is 0.230 e. The van der Waals surface area contributed by atoms with E-state index in [1.54, 1.807) is 11.8 Å². The molecule has 22 heavy (non-hydrogen) atoms. The number of hydrogen-bond acceptors (Lipinski definition) is 4. The van der Waals surface area contributed by atoms with E-state index in [1.165, 1.54) is 25.9 Å². The van der Waals surface area contributed by atoms with Gasteiger partial charge in [-0.15, -0.1) is 0 Å². The van der Waals surface area contributed by atoms with Crippen LogP contribution in [0.5, 0.6) is 0 Å². The summed E-state index contributed by atoms with van der Waals surface area (Å²) in [4.78, 5) is 18.9. The molecule has 0 bridgehead atoms. The fourth-order valence-corrected chi connectivity index (χ4v) is 3.56. The second kappa shape index (κ2) is 9.16. The van der Waals surface area contributed by atoms with Crippen LogP contribution in [0.2, 0.25) is 0 Å². The smallest absolute Gasteiger partial charge is 0.230 e. The molecule has 5 heteroatoms. The number of rotatable bonds is 8. The molecule has 1 N–H and O–H groups in total. The number of nitrogens with one attached hydrogen (secondary N) is 1. The van der Waals surface area contributed by atoms with E-state index in [9.17, 15) is 4.79 Å². The van der Waals surface area contributed by atoms with Gasteiger partial charge in [0.25, 0.3) is 0 Å². The van der Waals surface area contributed by atoms with Gasteiger partial charge < -0.3 is 10.2 Å². The predicted molar refractivity (Wildman–Crippen MR) is 93.3 cm³/mol. The number of thioether (sulfide) groups is 1. The molecule has 0 saturated carbocycles. The van der Waals surface area contributed by atoms with Gasteiger partial charge in [-0.2, -0.15) is 11.8 Å². The van der Waals surface area contributed by atoms with Crippen LogP contribution in [0.3, 0.4) is 0 Å². The fourth-order valence-electron chi connectivity index (χ4n) is 2.76. The van der Waals surface area contributed by atoms with Crippen molar-refractivity contribution in [2.75, 3.05) is 31.1 Å². The summed E-state index contributed by atoms with van der Waals surface area (Å²) in [6.45, 7) is 7.60. The summed E-state index contributed by atoms with van der Waals surface area (Å²) in [6, 6.07) is 6.14. The molecule has 1 aliphatic heterocycles. The standard InChI is InChI=1S/C17H27N3OS/c1-14-6-5-7-16(18-14)12-15(2)19-17(21)13-22-11-10-20-8-3-4-9-20/h5-7,15H,3-4,8-13H2,1-2H3,(H,19,21). The molecule has 0 spiro atoms. The van der Waals surface area contributed by atoms with E-state index in [0.29, 0.717) is 5.75 Å². The van der Waals surface area contributed by atoms with E-state index in [1.807, 2.05) is 32.0 Å². The van der Waals surface area contributed by atoms with E-state index in [4.69, 9.17) is 0 Å². The number of carbonyl (C=O) groups is 1. The van der Waals surface area contributed by atoms with Crippen molar-refractivity contribution >= 4 is 17.7 Å². The van der Waals surface area contributed by atoms with Crippen LogP contribution >= 0.6 is 11.8 Å². The lowest BCUT2D eigenvalue weighted by molar-refractivity contribution is -0.119. The van der Waals surface area contributed by atoms with E-state index in [-0.39, 0.29) is 11.9 Å². The number of pyridine rings is 1. The summed E-state index contributed by atoms with van der Waals surface area (Å²) in [5.74, 6) is 1.73. The molecule has 1 atom stereocenters. The summed E-state index contributed by atoms with van der Waals surface area (Å²) in [6.07, 6.45) is 3.44. The highest BCUT2D eigenvalue weighted by atomic mass is 32.2. The van der Waals surface area contributed by atoms with Crippen LogP contribution in [0.15, 0.2) is 18.2 Å². The van der Waals surface area contributed by atoms with Gasteiger partial charge in [0.2, 0.25) is 5.91 Å². The lowest BCUT2D eigenvalue weighted by atomic mass is 10.1. The van der Waals surface area contributed by atoms with Crippen molar-refractivity contribution in [1.29, 1.82) is 0 Å². The zero-order valence-corrected chi connectivity index (χ0v) is 14.5. The quantitative estimate of drug-likeness (QED) is 0.746. The molecule has 0 aliphatic carbocycles. The third kappa shape index (κ3) is 6.36. The number of aryl methyl sites for hydroxylation is 1. The highest BCUT2D eigenvalue weighted by Gasteiger charge is 2.12. The Morgan fingerprint density at radius 2 is 2.18 bits per heavy atom. The van der Waals surface area contributed by atoms with Gasteiger partial charge in [-0.3, -0.25) is 9.78 Å². The maximum absolute atomic E-state index is 11.9. The summed E-state index contributed by atoms with van der Waals surface area (Å²) >= 11 is 1.73. The molecule has 1 aromatic rings. The van der Waals surface area contributed by atoms with Gasteiger partial charge in [0.15, 0.2) is 0 Å². The Morgan fingerprint density at radius 1 is 1.41 bits per heavy atom. The van der Waals surface area contributed by atoms with Gasteiger partial charge in [0.1, 0.15) is 0 Å². The molecule has 1 fully saturated rings. The summed E-state index contributed by atoms with van der Waals surface area (Å²) in [5.41, 5.74) is 2.06. The minimum atomic E-state index is 0.126. The lowest BCUT2D eigenvalue weighted by Gasteiger charge is -2.15. The third-order valence-electron chi connectivity index (χ3n) is 3.85. The molecule has 4 nitrogen and oxygen atoms in total. The molecular weight excluding hydrogens is 294 g/mol. The number of likely N-dealkylation sites (tertiary alicyclic amines) is 1. The Balaban J connectivity index is 1.59. The second-order valence-electron chi connectivity index (χ2n) is 6.04. The summed E-state index contributed by atoms with van der Waals surface area (Å²) in [7, 11) is 0. The number of hydrogen-bond donors (Lipinski definition) is 1. The van der Waals surface area contributed by atoms with Crippen molar-refractivity contribution in [2.45, 2.75) is 39.2 Å². The minimum absolute atomic E-state index is 0.126. The SMILES string of the molecule is Cc1cccc(CC(C)NC(=O)CSCCN2CCCC2)n1. The molecule has 2 rings (SSSR count). The number of amides is 1. The fraction of sp³-hybridized carbons (Fsp3) is 0.647. The van der Waals surface area contributed by atoms with Crippen LogP contribution in [0.25, 0.3) is 0 Å². The second-order valence-corrected chi connectivity index (χ2v) is 7.15. The lowest BCUT2D eigenvalue weighted by Crippen LogP contribution is -2.35. The monoisotopic (exact) mass is 321 g/mol. The van der Waals surface area contributed by atoms with Crippen molar-refractivity contribution in [1.82, 2.24) is 15.2 Å². The molecule has 1 unspecified atom stereocenters. The first-order chi connectivity index (χ1) is 10.6. The zero-order valence-electron chi connectivity index (χ0n) is 13.7. The van der Waals surface area contributed by atoms with Gasteiger partial charge in [-0.1, -0.05) is 6.07 Å². The maximum atomic E-state index is 11.9. The molecule has 1 aliphatic rings. The summed E-state index contributed by atoms with van der Waals surface area (Å²) in [5, 5.41) is 3.06. The Kier molecular flexibility index (Phi) is 7.19. The number of nitrogens with zero attached hydrogens (tertiary/aromatic N) is 2. The molecule has 1 amide bonds. The van der Waals surface area contributed by atoms with Crippen molar-refractivity contribution in [3.63, 3.8) is 0 Å². The third-order valence-corrected chi connectivity index (χ3v) is 4.79. The molecular formula is C17H27N3OS. The topological polar surface area (TPSA) is 45.2 Å². The summed E-state index contributed by atoms with van der Waals surface area (Å²) < 4.78 is 0. The molecule has 0 radical (unpaired) electrons. The van der Waals surface area contributed by atoms with E-state index in [0.717, 1.165) is 30.1 Å². The zero-order chi connectivity index (χ0) is 15.8. The number of carbonyl (C=O) groups excluding carboxylic acids is 1. The van der Waals surface area contributed by atoms with Gasteiger partial charge >= 0.3 is 0 Å². The molecule has 1 aromatic heterocycles. The molecule has 0 aromatic carbocycles. The van der Waals surface area contributed by atoms with Crippen molar-refractivity contribution < 1.29 is 4.79 Å². The largest absolute Gasteiger partial charge is 0.353 e. The van der Waals surface area contributed by atoms with Gasteiger partial charge in [-0.05, 0) is 51.9 Å². The minimum Gasteiger partial charge on any atom is -0.353 e. The van der Waals surface area contributed by atoms with E-state index < -0.39 is 0 Å². The Hall–Kier alpha value is -1.07. The molecule has 122 valence electrons. The van der Waals surface area contributed by atoms with Crippen LogP contribution in [0, 0.1) is 6.92 Å². The highest BCUT2D eigenvalue weighted by molar-refractivity contribution is 7.99. The van der Waals surface area contributed by atoms with E-state index >= 15 is 0 Å². The van der Waals surface area contributed by atoms with Gasteiger partial charge in [0, 0.05) is 36.1 Å². The van der Waals surface area contributed by atoms with E-state index in [2.05, 4.69) is 15.2 Å². The van der Waals surface area contributed by atoms with Crippen LogP contribution in [0.1, 0.15) is 31.2 Å². The van der Waals surface area contributed by atoms with Crippen LogP contribution < -0.4 is 5.32 Å². The normalized spacial score (nSPS) is 16.6. The van der Waals surface area contributed by atoms with Crippen molar-refractivity contribution in [2.24, 2.45) is 0 Å². The van der Waals surface area contributed by atoms with Gasteiger partial charge in [0.05, 0.1) is 5.75 Å². The Labute approximate surface area is 138 Å². The first kappa shape index (κ1) is 17.3. The first-order valence-corrected chi connectivity index (χ1v) is 9.31. The Morgan fingerprint density at radius 3 is 2.91 bits per heavy atom. The average Bonchev–Trinajstić information content (AvgIpc) is 2.96.